The van der Waals surface area contributed by atoms with Crippen LogP contribution in [0, 0.1) is 5.82 Å². The highest BCUT2D eigenvalue weighted by Gasteiger charge is 2.51. The van der Waals surface area contributed by atoms with E-state index in [2.05, 4.69) is 5.32 Å². The highest BCUT2D eigenvalue weighted by Crippen LogP contribution is 2.31. The largest absolute Gasteiger partial charge is 0.376 e. The van der Waals surface area contributed by atoms with Gasteiger partial charge in [-0.2, -0.15) is 0 Å². The molecule has 0 bridgehead atoms. The van der Waals surface area contributed by atoms with Gasteiger partial charge in [0.1, 0.15) is 5.82 Å². The molecule has 1 amide bonds. The summed E-state index contributed by atoms with van der Waals surface area (Å²) in [5.41, 5.74) is -0.752. The van der Waals surface area contributed by atoms with Crippen LogP contribution in [0.5, 0.6) is 0 Å². The average Bonchev–Trinajstić information content (AvgIpc) is 2.89. The molecule has 3 N–H and O–H groups in total. The number of hydrogen-bond donors (Lipinski definition) is 3. The van der Waals surface area contributed by atoms with Gasteiger partial charge in [-0.3, -0.25) is 4.79 Å². The van der Waals surface area contributed by atoms with Crippen molar-refractivity contribution in [2.75, 3.05) is 11.4 Å². The van der Waals surface area contributed by atoms with Gasteiger partial charge in [-0.25, -0.2) is 4.39 Å². The molecule has 25 heavy (non-hydrogen) atoms. The molecule has 7 heteroatoms. The number of carbonyl (C=O) groups is 1. The smallest absolute Gasteiger partial charge is 0.257 e. The summed E-state index contributed by atoms with van der Waals surface area (Å²) >= 11 is 5.78. The van der Waals surface area contributed by atoms with Gasteiger partial charge in [-0.05, 0) is 35.9 Å². The predicted octanol–water partition coefficient (Wildman–Crippen LogP) is 2.06. The molecule has 2 unspecified atom stereocenters. The fourth-order valence-corrected chi connectivity index (χ4v) is 3.21. The minimum atomic E-state index is -1.94. The SMILES string of the molecule is O=C(NCc1cc(F)cc(Cl)c1)C1(O)CCN(c2ccccc2)C1O. The third-order valence-corrected chi connectivity index (χ3v) is 4.53. The van der Waals surface area contributed by atoms with Crippen LogP contribution in [0.4, 0.5) is 10.1 Å². The Morgan fingerprint density at radius 3 is 2.72 bits per heavy atom. The summed E-state index contributed by atoms with van der Waals surface area (Å²) in [4.78, 5) is 14.0. The van der Waals surface area contributed by atoms with Crippen molar-refractivity contribution in [3.05, 3.63) is 64.9 Å². The molecule has 1 aliphatic rings. The average molecular weight is 365 g/mol. The molecule has 1 heterocycles. The molecule has 2 atom stereocenters. The van der Waals surface area contributed by atoms with E-state index in [1.54, 1.807) is 17.0 Å². The zero-order valence-corrected chi connectivity index (χ0v) is 14.1. The normalized spacial score (nSPS) is 22.9. The second kappa shape index (κ2) is 7.00. The molecule has 2 aromatic rings. The van der Waals surface area contributed by atoms with Crippen molar-refractivity contribution < 1.29 is 19.4 Å². The van der Waals surface area contributed by atoms with Crippen LogP contribution in [-0.4, -0.2) is 34.5 Å². The van der Waals surface area contributed by atoms with Gasteiger partial charge in [0, 0.05) is 30.2 Å². The third-order valence-electron chi connectivity index (χ3n) is 4.31. The molecule has 1 fully saturated rings. The number of anilines is 1. The molecule has 2 aromatic carbocycles. The van der Waals surface area contributed by atoms with Gasteiger partial charge in [0.15, 0.2) is 11.8 Å². The van der Waals surface area contributed by atoms with Crippen LogP contribution >= 0.6 is 11.6 Å². The van der Waals surface area contributed by atoms with E-state index in [4.69, 9.17) is 11.6 Å². The van der Waals surface area contributed by atoms with Gasteiger partial charge in [-0.15, -0.1) is 0 Å². The van der Waals surface area contributed by atoms with Crippen LogP contribution in [0.1, 0.15) is 12.0 Å². The Morgan fingerprint density at radius 1 is 1.32 bits per heavy atom. The number of hydrogen-bond acceptors (Lipinski definition) is 4. The highest BCUT2D eigenvalue weighted by atomic mass is 35.5. The van der Waals surface area contributed by atoms with Crippen molar-refractivity contribution in [3.63, 3.8) is 0 Å². The summed E-state index contributed by atoms with van der Waals surface area (Å²) in [6.07, 6.45) is -1.29. The lowest BCUT2D eigenvalue weighted by Gasteiger charge is -2.30. The minimum Gasteiger partial charge on any atom is -0.376 e. The second-order valence-electron chi connectivity index (χ2n) is 6.04. The molecule has 3 rings (SSSR count). The number of amides is 1. The van der Waals surface area contributed by atoms with Crippen molar-refractivity contribution in [2.45, 2.75) is 24.8 Å². The number of nitrogens with zero attached hydrogens (tertiary/aromatic N) is 1. The lowest BCUT2D eigenvalue weighted by atomic mass is 10.00. The number of carbonyl (C=O) groups excluding carboxylic acids is 1. The summed E-state index contributed by atoms with van der Waals surface area (Å²) in [6.45, 7) is 0.331. The van der Waals surface area contributed by atoms with Crippen molar-refractivity contribution in [1.82, 2.24) is 5.32 Å². The molecule has 5 nitrogen and oxygen atoms in total. The molecule has 0 aliphatic carbocycles. The molecule has 0 radical (unpaired) electrons. The van der Waals surface area contributed by atoms with E-state index in [9.17, 15) is 19.4 Å². The number of rotatable bonds is 4. The fourth-order valence-electron chi connectivity index (χ4n) is 2.97. The maximum absolute atomic E-state index is 13.3. The number of aliphatic hydroxyl groups excluding tert-OH is 1. The molecular formula is C18H18ClFN2O3. The van der Waals surface area contributed by atoms with Gasteiger partial charge in [0.2, 0.25) is 0 Å². The van der Waals surface area contributed by atoms with Gasteiger partial charge in [0.05, 0.1) is 0 Å². The van der Waals surface area contributed by atoms with E-state index < -0.39 is 23.6 Å². The first-order valence-corrected chi connectivity index (χ1v) is 8.23. The zero-order chi connectivity index (χ0) is 18.0. The summed E-state index contributed by atoms with van der Waals surface area (Å²) in [7, 11) is 0. The Labute approximate surface area is 149 Å². The Morgan fingerprint density at radius 2 is 2.04 bits per heavy atom. The van der Waals surface area contributed by atoms with Crippen molar-refractivity contribution >= 4 is 23.2 Å². The number of aliphatic hydroxyl groups is 2. The highest BCUT2D eigenvalue weighted by molar-refractivity contribution is 6.30. The number of benzene rings is 2. The van der Waals surface area contributed by atoms with Gasteiger partial charge >= 0.3 is 0 Å². The van der Waals surface area contributed by atoms with E-state index in [1.165, 1.54) is 18.2 Å². The van der Waals surface area contributed by atoms with Crippen LogP contribution in [0.2, 0.25) is 5.02 Å². The quantitative estimate of drug-likeness (QED) is 0.776. The monoisotopic (exact) mass is 364 g/mol. The lowest BCUT2D eigenvalue weighted by molar-refractivity contribution is -0.148. The van der Waals surface area contributed by atoms with E-state index >= 15 is 0 Å². The minimum absolute atomic E-state index is 0.00329. The maximum atomic E-state index is 13.3. The first-order chi connectivity index (χ1) is 11.9. The number of para-hydroxylation sites is 1. The molecule has 0 saturated carbocycles. The predicted molar refractivity (Wildman–Crippen MR) is 92.6 cm³/mol. The van der Waals surface area contributed by atoms with Crippen molar-refractivity contribution in [1.29, 1.82) is 0 Å². The Hall–Kier alpha value is -2.15. The van der Waals surface area contributed by atoms with Gasteiger partial charge in [0.25, 0.3) is 5.91 Å². The van der Waals surface area contributed by atoms with E-state index in [1.807, 2.05) is 18.2 Å². The number of halogens is 2. The molecule has 0 aromatic heterocycles. The Balaban J connectivity index is 1.69. The van der Waals surface area contributed by atoms with Crippen LogP contribution in [0.15, 0.2) is 48.5 Å². The molecule has 0 spiro atoms. The van der Waals surface area contributed by atoms with Crippen molar-refractivity contribution in [3.8, 4) is 0 Å². The van der Waals surface area contributed by atoms with E-state index in [0.29, 0.717) is 12.1 Å². The van der Waals surface area contributed by atoms with Gasteiger partial charge in [-0.1, -0.05) is 29.8 Å². The zero-order valence-electron chi connectivity index (χ0n) is 13.3. The summed E-state index contributed by atoms with van der Waals surface area (Å²) in [6, 6.07) is 13.0. The summed E-state index contributed by atoms with van der Waals surface area (Å²) in [5.74, 6) is -1.22. The lowest BCUT2D eigenvalue weighted by Crippen LogP contribution is -2.55. The first kappa shape index (κ1) is 17.7. The summed E-state index contributed by atoms with van der Waals surface area (Å²) in [5, 5.41) is 23.9. The maximum Gasteiger partial charge on any atom is 0.257 e. The van der Waals surface area contributed by atoms with Crippen LogP contribution in [0.25, 0.3) is 0 Å². The molecular weight excluding hydrogens is 347 g/mol. The molecule has 1 aliphatic heterocycles. The Bertz CT molecular complexity index is 754. The van der Waals surface area contributed by atoms with Gasteiger partial charge < -0.3 is 20.4 Å². The number of nitrogens with one attached hydrogen (secondary N) is 1. The molecule has 132 valence electrons. The van der Waals surface area contributed by atoms with E-state index in [-0.39, 0.29) is 18.0 Å². The van der Waals surface area contributed by atoms with Crippen LogP contribution in [0.3, 0.4) is 0 Å². The van der Waals surface area contributed by atoms with Crippen LogP contribution in [-0.2, 0) is 11.3 Å². The fraction of sp³-hybridized carbons (Fsp3) is 0.278. The Kier molecular flexibility index (Phi) is 4.94. The second-order valence-corrected chi connectivity index (χ2v) is 6.47. The van der Waals surface area contributed by atoms with Crippen LogP contribution < -0.4 is 10.2 Å². The topological polar surface area (TPSA) is 72.8 Å². The third kappa shape index (κ3) is 3.61. The standard InChI is InChI=1S/C18H18ClFN2O3/c19-13-8-12(9-14(20)10-13)11-21-16(23)18(25)6-7-22(17(18)24)15-4-2-1-3-5-15/h1-5,8-10,17,24-25H,6-7,11H2,(H,21,23). The summed E-state index contributed by atoms with van der Waals surface area (Å²) < 4.78 is 13.3. The van der Waals surface area contributed by atoms with E-state index in [0.717, 1.165) is 5.69 Å². The first-order valence-electron chi connectivity index (χ1n) is 7.85. The van der Waals surface area contributed by atoms with Crippen molar-refractivity contribution in [2.24, 2.45) is 0 Å². The molecule has 1 saturated heterocycles.